The summed E-state index contributed by atoms with van der Waals surface area (Å²) in [5.41, 5.74) is -0.445. The minimum absolute atomic E-state index is 0.0155. The van der Waals surface area contributed by atoms with Crippen LogP contribution in [0.4, 0.5) is 24.5 Å². The van der Waals surface area contributed by atoms with Crippen molar-refractivity contribution in [2.75, 3.05) is 56.5 Å². The van der Waals surface area contributed by atoms with Gasteiger partial charge in [0.2, 0.25) is 11.8 Å². The van der Waals surface area contributed by atoms with Gasteiger partial charge in [0.15, 0.2) is 0 Å². The van der Waals surface area contributed by atoms with E-state index in [4.69, 9.17) is 4.74 Å². The van der Waals surface area contributed by atoms with E-state index in [1.807, 2.05) is 16.7 Å². The van der Waals surface area contributed by atoms with Gasteiger partial charge >= 0.3 is 6.18 Å². The van der Waals surface area contributed by atoms with Crippen LogP contribution in [0.2, 0.25) is 0 Å². The molecule has 0 aliphatic carbocycles. The van der Waals surface area contributed by atoms with Crippen molar-refractivity contribution in [2.45, 2.75) is 13.1 Å². The highest BCUT2D eigenvalue weighted by atomic mass is 19.4. The number of carbonyl (C=O) groups excluding carboxylic acids is 2. The summed E-state index contributed by atoms with van der Waals surface area (Å²) < 4.78 is 44.6. The highest BCUT2D eigenvalue weighted by Crippen LogP contribution is 2.34. The molecule has 0 saturated carbocycles. The van der Waals surface area contributed by atoms with Gasteiger partial charge in [0.05, 0.1) is 30.9 Å². The topological polar surface area (TPSA) is 73.9 Å². The summed E-state index contributed by atoms with van der Waals surface area (Å²) >= 11 is 0. The third-order valence-corrected chi connectivity index (χ3v) is 5.15. The summed E-state index contributed by atoms with van der Waals surface area (Å²) in [6.07, 6.45) is -4.54. The van der Waals surface area contributed by atoms with Crippen molar-refractivity contribution in [3.05, 3.63) is 54.1 Å². The fourth-order valence-electron chi connectivity index (χ4n) is 3.54. The summed E-state index contributed by atoms with van der Waals surface area (Å²) in [7, 11) is 0. The maximum atomic E-state index is 13.1. The normalized spacial score (nSPS) is 15.2. The minimum Gasteiger partial charge on any atom is -0.494 e. The Morgan fingerprint density at radius 3 is 1.97 bits per heavy atom. The number of amides is 2. The Hall–Kier alpha value is -3.11. The van der Waals surface area contributed by atoms with E-state index in [1.54, 1.807) is 24.3 Å². The smallest absolute Gasteiger partial charge is 0.418 e. The van der Waals surface area contributed by atoms with Crippen molar-refractivity contribution in [2.24, 2.45) is 0 Å². The van der Waals surface area contributed by atoms with Crippen LogP contribution in [0.1, 0.15) is 12.5 Å². The standard InChI is InChI=1S/C23H27F3N4O3/c1-2-33-18-9-7-17(8-10-18)27-21(31)15-29-11-13-30(14-12-29)16-22(32)28-20-6-4-3-5-19(20)23(24,25)26/h3-10H,2,11-16H2,1H3,(H,27,31)(H,28,32). The number of nitrogens with one attached hydrogen (secondary N) is 2. The molecule has 33 heavy (non-hydrogen) atoms. The summed E-state index contributed by atoms with van der Waals surface area (Å²) in [4.78, 5) is 28.4. The molecule has 1 saturated heterocycles. The van der Waals surface area contributed by atoms with Gasteiger partial charge in [-0.05, 0) is 43.3 Å². The summed E-state index contributed by atoms with van der Waals surface area (Å²) in [6.45, 7) is 4.88. The van der Waals surface area contributed by atoms with Crippen LogP contribution >= 0.6 is 0 Å². The molecule has 2 amide bonds. The predicted molar refractivity (Wildman–Crippen MR) is 119 cm³/mol. The lowest BCUT2D eigenvalue weighted by Crippen LogP contribution is -2.50. The number of rotatable bonds is 8. The van der Waals surface area contributed by atoms with Crippen molar-refractivity contribution in [1.82, 2.24) is 9.80 Å². The summed E-state index contributed by atoms with van der Waals surface area (Å²) in [5.74, 6) is 0.0834. The molecule has 1 fully saturated rings. The third-order valence-electron chi connectivity index (χ3n) is 5.15. The number of nitrogens with zero attached hydrogens (tertiary/aromatic N) is 2. The SMILES string of the molecule is CCOc1ccc(NC(=O)CN2CCN(CC(=O)Nc3ccccc3C(F)(F)F)CC2)cc1. The monoisotopic (exact) mass is 464 g/mol. The molecule has 0 bridgehead atoms. The number of hydrogen-bond acceptors (Lipinski definition) is 5. The van der Waals surface area contributed by atoms with Gasteiger partial charge in [-0.3, -0.25) is 19.4 Å². The second-order valence-electron chi connectivity index (χ2n) is 7.65. The van der Waals surface area contributed by atoms with Crippen LogP contribution in [0.5, 0.6) is 5.75 Å². The second-order valence-corrected chi connectivity index (χ2v) is 7.65. The number of alkyl halides is 3. The molecule has 10 heteroatoms. The highest BCUT2D eigenvalue weighted by molar-refractivity contribution is 5.93. The lowest BCUT2D eigenvalue weighted by molar-refractivity contribution is -0.137. The van der Waals surface area contributed by atoms with Crippen molar-refractivity contribution in [3.8, 4) is 5.75 Å². The van der Waals surface area contributed by atoms with Crippen LogP contribution in [0.25, 0.3) is 0 Å². The maximum absolute atomic E-state index is 13.1. The molecule has 178 valence electrons. The number of hydrogen-bond donors (Lipinski definition) is 2. The molecule has 1 aliphatic rings. The van der Waals surface area contributed by atoms with E-state index in [9.17, 15) is 22.8 Å². The molecule has 0 atom stereocenters. The van der Waals surface area contributed by atoms with Crippen LogP contribution in [0.3, 0.4) is 0 Å². The highest BCUT2D eigenvalue weighted by Gasteiger charge is 2.33. The molecule has 0 aromatic heterocycles. The van der Waals surface area contributed by atoms with Crippen molar-refractivity contribution in [1.29, 1.82) is 0 Å². The zero-order valence-electron chi connectivity index (χ0n) is 18.3. The molecule has 1 aliphatic heterocycles. The lowest BCUT2D eigenvalue weighted by Gasteiger charge is -2.33. The van der Waals surface area contributed by atoms with Gasteiger partial charge in [-0.1, -0.05) is 12.1 Å². The molecule has 2 aromatic carbocycles. The molecular weight excluding hydrogens is 437 g/mol. The number of ether oxygens (including phenoxy) is 1. The zero-order valence-corrected chi connectivity index (χ0v) is 18.3. The number of anilines is 2. The molecule has 1 heterocycles. The largest absolute Gasteiger partial charge is 0.494 e. The fraction of sp³-hybridized carbons (Fsp3) is 0.391. The van der Waals surface area contributed by atoms with Crippen molar-refractivity contribution < 1.29 is 27.5 Å². The average molecular weight is 464 g/mol. The quantitative estimate of drug-likeness (QED) is 0.627. The van der Waals surface area contributed by atoms with Gasteiger partial charge in [-0.2, -0.15) is 13.2 Å². The summed E-state index contributed by atoms with van der Waals surface area (Å²) in [6, 6.07) is 12.0. The molecule has 0 unspecified atom stereocenters. The summed E-state index contributed by atoms with van der Waals surface area (Å²) in [5, 5.41) is 5.20. The van der Waals surface area contributed by atoms with E-state index < -0.39 is 17.6 Å². The van der Waals surface area contributed by atoms with Crippen molar-refractivity contribution >= 4 is 23.2 Å². The van der Waals surface area contributed by atoms with Crippen LogP contribution < -0.4 is 15.4 Å². The maximum Gasteiger partial charge on any atom is 0.418 e. The number of carbonyl (C=O) groups is 2. The lowest BCUT2D eigenvalue weighted by atomic mass is 10.1. The van der Waals surface area contributed by atoms with Crippen LogP contribution in [0, 0.1) is 0 Å². The number of benzene rings is 2. The van der Waals surface area contributed by atoms with Crippen molar-refractivity contribution in [3.63, 3.8) is 0 Å². The Balaban J connectivity index is 1.42. The van der Waals surface area contributed by atoms with E-state index in [0.717, 1.165) is 11.8 Å². The number of halogens is 3. The molecule has 2 aromatic rings. The molecule has 2 N–H and O–H groups in total. The first-order chi connectivity index (χ1) is 15.7. The molecule has 7 nitrogen and oxygen atoms in total. The van der Waals surface area contributed by atoms with Gasteiger partial charge in [0.1, 0.15) is 5.75 Å². The molecule has 0 spiro atoms. The first-order valence-electron chi connectivity index (χ1n) is 10.7. The van der Waals surface area contributed by atoms with Gasteiger partial charge in [0, 0.05) is 31.9 Å². The molecule has 0 radical (unpaired) electrons. The van der Waals surface area contributed by atoms with E-state index in [1.165, 1.54) is 18.2 Å². The fourth-order valence-corrected chi connectivity index (χ4v) is 3.54. The van der Waals surface area contributed by atoms with Crippen LogP contribution in [0.15, 0.2) is 48.5 Å². The number of piperazine rings is 1. The Labute approximate surface area is 190 Å². The van der Waals surface area contributed by atoms with Gasteiger partial charge < -0.3 is 15.4 Å². The van der Waals surface area contributed by atoms with E-state index in [0.29, 0.717) is 38.5 Å². The molecule has 3 rings (SSSR count). The van der Waals surface area contributed by atoms with Gasteiger partial charge in [-0.15, -0.1) is 0 Å². The Bertz CT molecular complexity index is 943. The first-order valence-corrected chi connectivity index (χ1v) is 10.7. The van der Waals surface area contributed by atoms with E-state index >= 15 is 0 Å². The van der Waals surface area contributed by atoms with E-state index in [-0.39, 0.29) is 24.7 Å². The Kier molecular flexibility index (Phi) is 8.29. The molecular formula is C23H27F3N4O3. The second kappa shape index (κ2) is 11.2. The van der Waals surface area contributed by atoms with Crippen LogP contribution in [-0.2, 0) is 15.8 Å². The Morgan fingerprint density at radius 2 is 1.42 bits per heavy atom. The minimum atomic E-state index is -4.54. The van der Waals surface area contributed by atoms with Crippen LogP contribution in [-0.4, -0.2) is 67.5 Å². The van der Waals surface area contributed by atoms with Gasteiger partial charge in [-0.25, -0.2) is 0 Å². The predicted octanol–water partition coefficient (Wildman–Crippen LogP) is 3.30. The average Bonchev–Trinajstić information content (AvgIpc) is 2.76. The van der Waals surface area contributed by atoms with Gasteiger partial charge in [0.25, 0.3) is 0 Å². The van der Waals surface area contributed by atoms with E-state index in [2.05, 4.69) is 10.6 Å². The Morgan fingerprint density at radius 1 is 0.879 bits per heavy atom. The zero-order chi connectivity index (χ0) is 23.8. The first kappa shape index (κ1) is 24.5. The third kappa shape index (κ3) is 7.47. The number of para-hydroxylation sites is 1.